The minimum atomic E-state index is 0.0999. The van der Waals surface area contributed by atoms with E-state index in [9.17, 15) is 4.79 Å². The summed E-state index contributed by atoms with van der Waals surface area (Å²) in [5.41, 5.74) is 1.60. The van der Waals surface area contributed by atoms with Crippen molar-refractivity contribution < 1.29 is 4.79 Å². The first-order valence-corrected chi connectivity index (χ1v) is 7.89. The molecule has 0 bridgehead atoms. The first kappa shape index (κ1) is 16.1. The average Bonchev–Trinajstić information content (AvgIpc) is 2.73. The lowest BCUT2D eigenvalue weighted by Crippen LogP contribution is -2.35. The second-order valence-electron chi connectivity index (χ2n) is 5.43. The van der Waals surface area contributed by atoms with Crippen LogP contribution in [0.5, 0.6) is 0 Å². The van der Waals surface area contributed by atoms with Gasteiger partial charge in [0, 0.05) is 43.3 Å². The van der Waals surface area contributed by atoms with Gasteiger partial charge in [-0.3, -0.25) is 9.69 Å². The average molecular weight is 307 g/mol. The number of carbonyl (C=O) groups excluding carboxylic acids is 1. The predicted molar refractivity (Wildman–Crippen MR) is 88.0 cm³/mol. The van der Waals surface area contributed by atoms with Gasteiger partial charge in [-0.2, -0.15) is 0 Å². The van der Waals surface area contributed by atoms with Gasteiger partial charge in [0.15, 0.2) is 0 Å². The molecule has 1 aliphatic rings. The Hall–Kier alpha value is -1.32. The van der Waals surface area contributed by atoms with Crippen molar-refractivity contribution in [1.82, 2.24) is 9.80 Å². The van der Waals surface area contributed by atoms with Crippen molar-refractivity contribution >= 4 is 17.5 Å². The fraction of sp³-hybridized carbons (Fsp3) is 0.471. The first-order valence-electron chi connectivity index (χ1n) is 7.51. The normalized spacial score (nSPS) is 17.2. The van der Waals surface area contributed by atoms with E-state index in [0.29, 0.717) is 5.02 Å². The van der Waals surface area contributed by atoms with Crippen LogP contribution in [0.2, 0.25) is 5.02 Å². The van der Waals surface area contributed by atoms with Crippen LogP contribution in [0.3, 0.4) is 0 Å². The summed E-state index contributed by atoms with van der Waals surface area (Å²) in [4.78, 5) is 17.0. The number of rotatable bonds is 3. The van der Waals surface area contributed by atoms with Crippen LogP contribution in [0.4, 0.5) is 0 Å². The van der Waals surface area contributed by atoms with Crippen LogP contribution >= 0.6 is 11.6 Å². The fourth-order valence-electron chi connectivity index (χ4n) is 2.62. The third-order valence-electron chi connectivity index (χ3n) is 3.97. The Labute approximate surface area is 132 Å². The Bertz CT molecular complexity index is 528. The highest BCUT2D eigenvalue weighted by Gasteiger charge is 2.21. The van der Waals surface area contributed by atoms with Crippen molar-refractivity contribution in [3.8, 4) is 0 Å². The van der Waals surface area contributed by atoms with Gasteiger partial charge in [0.1, 0.15) is 0 Å². The van der Waals surface area contributed by atoms with E-state index in [-0.39, 0.29) is 5.91 Å². The van der Waals surface area contributed by atoms with Crippen LogP contribution in [0, 0.1) is 6.92 Å². The summed E-state index contributed by atoms with van der Waals surface area (Å²) in [6.45, 7) is 8.48. The molecule has 0 spiro atoms. The lowest BCUT2D eigenvalue weighted by atomic mass is 10.1. The van der Waals surface area contributed by atoms with Gasteiger partial charge in [-0.25, -0.2) is 0 Å². The van der Waals surface area contributed by atoms with Crippen LogP contribution < -0.4 is 0 Å². The molecule has 0 radical (unpaired) electrons. The number of nitrogens with zero attached hydrogens (tertiary/aromatic N) is 2. The molecule has 1 aromatic carbocycles. The molecule has 1 aromatic rings. The second kappa shape index (κ2) is 7.62. The van der Waals surface area contributed by atoms with Crippen molar-refractivity contribution in [2.45, 2.75) is 20.3 Å². The van der Waals surface area contributed by atoms with Crippen molar-refractivity contribution in [3.05, 3.63) is 46.5 Å². The lowest BCUT2D eigenvalue weighted by Gasteiger charge is -2.22. The van der Waals surface area contributed by atoms with E-state index in [1.54, 1.807) is 0 Å². The minimum Gasteiger partial charge on any atom is -0.337 e. The molecular formula is C17H23ClN2O. The lowest BCUT2D eigenvalue weighted by molar-refractivity contribution is 0.0761. The van der Waals surface area contributed by atoms with Gasteiger partial charge in [0.25, 0.3) is 5.91 Å². The number of allylic oxidation sites excluding steroid dienone is 1. The number of amides is 1. The molecule has 3 nitrogen and oxygen atoms in total. The number of benzene rings is 1. The minimum absolute atomic E-state index is 0.0999. The van der Waals surface area contributed by atoms with Gasteiger partial charge in [-0.1, -0.05) is 29.8 Å². The fourth-order valence-corrected chi connectivity index (χ4v) is 2.80. The maximum absolute atomic E-state index is 12.7. The van der Waals surface area contributed by atoms with Crippen LogP contribution in [0.1, 0.15) is 29.3 Å². The molecular weight excluding hydrogens is 284 g/mol. The van der Waals surface area contributed by atoms with Crippen LogP contribution in [0.25, 0.3) is 0 Å². The second-order valence-corrected chi connectivity index (χ2v) is 5.83. The number of hydrogen-bond acceptors (Lipinski definition) is 2. The molecule has 1 amide bonds. The quantitative estimate of drug-likeness (QED) is 0.799. The monoisotopic (exact) mass is 306 g/mol. The van der Waals surface area contributed by atoms with Gasteiger partial charge >= 0.3 is 0 Å². The van der Waals surface area contributed by atoms with Crippen molar-refractivity contribution in [3.63, 3.8) is 0 Å². The van der Waals surface area contributed by atoms with E-state index in [0.717, 1.165) is 50.3 Å². The third-order valence-corrected chi connectivity index (χ3v) is 4.38. The number of carbonyl (C=O) groups is 1. The van der Waals surface area contributed by atoms with E-state index in [1.165, 1.54) is 0 Å². The highest BCUT2D eigenvalue weighted by molar-refractivity contribution is 6.31. The Morgan fingerprint density at radius 1 is 1.29 bits per heavy atom. The maximum Gasteiger partial charge on any atom is 0.254 e. The Morgan fingerprint density at radius 3 is 2.86 bits per heavy atom. The maximum atomic E-state index is 12.7. The van der Waals surface area contributed by atoms with E-state index >= 15 is 0 Å². The number of hydrogen-bond donors (Lipinski definition) is 0. The zero-order chi connectivity index (χ0) is 15.2. The smallest absolute Gasteiger partial charge is 0.254 e. The van der Waals surface area contributed by atoms with Gasteiger partial charge in [-0.05, 0) is 38.0 Å². The van der Waals surface area contributed by atoms with Crippen molar-refractivity contribution in [1.29, 1.82) is 0 Å². The first-order chi connectivity index (χ1) is 10.1. The highest BCUT2D eigenvalue weighted by Crippen LogP contribution is 2.20. The highest BCUT2D eigenvalue weighted by atomic mass is 35.5. The molecule has 1 heterocycles. The van der Waals surface area contributed by atoms with E-state index in [4.69, 9.17) is 11.6 Å². The molecule has 1 saturated heterocycles. The van der Waals surface area contributed by atoms with Crippen LogP contribution in [-0.4, -0.2) is 48.4 Å². The Kier molecular flexibility index (Phi) is 5.83. The summed E-state index contributed by atoms with van der Waals surface area (Å²) in [6.07, 6.45) is 5.25. The zero-order valence-corrected chi connectivity index (χ0v) is 13.6. The standard InChI is InChI=1S/C17H23ClN2O/c1-3-4-9-19-10-6-11-20(13-12-19)17(21)15-7-5-8-16(18)14(15)2/h3-5,7-8H,6,9-13H2,1-2H3. The summed E-state index contributed by atoms with van der Waals surface area (Å²) < 4.78 is 0. The SMILES string of the molecule is CC=CCN1CCCN(C(=O)c2cccc(Cl)c2C)CC1. The number of halogens is 1. The van der Waals surface area contributed by atoms with E-state index in [2.05, 4.69) is 17.1 Å². The van der Waals surface area contributed by atoms with Gasteiger partial charge in [-0.15, -0.1) is 0 Å². The topological polar surface area (TPSA) is 23.6 Å². The van der Waals surface area contributed by atoms with E-state index < -0.39 is 0 Å². The molecule has 2 rings (SSSR count). The summed E-state index contributed by atoms with van der Waals surface area (Å²) in [5.74, 6) is 0.0999. The molecule has 0 unspecified atom stereocenters. The molecule has 4 heteroatoms. The van der Waals surface area contributed by atoms with Gasteiger partial charge in [0.2, 0.25) is 0 Å². The molecule has 0 aliphatic carbocycles. The van der Waals surface area contributed by atoms with Crippen molar-refractivity contribution in [2.24, 2.45) is 0 Å². The summed E-state index contributed by atoms with van der Waals surface area (Å²) in [7, 11) is 0. The summed E-state index contributed by atoms with van der Waals surface area (Å²) in [5, 5.41) is 0.658. The van der Waals surface area contributed by atoms with Crippen LogP contribution in [0.15, 0.2) is 30.4 Å². The van der Waals surface area contributed by atoms with Gasteiger partial charge in [0.05, 0.1) is 0 Å². The molecule has 1 aliphatic heterocycles. The van der Waals surface area contributed by atoms with E-state index in [1.807, 2.05) is 36.9 Å². The summed E-state index contributed by atoms with van der Waals surface area (Å²) in [6, 6.07) is 5.54. The Morgan fingerprint density at radius 2 is 2.10 bits per heavy atom. The van der Waals surface area contributed by atoms with Crippen LogP contribution in [-0.2, 0) is 0 Å². The third kappa shape index (κ3) is 4.08. The largest absolute Gasteiger partial charge is 0.337 e. The molecule has 0 saturated carbocycles. The molecule has 0 atom stereocenters. The zero-order valence-electron chi connectivity index (χ0n) is 12.8. The van der Waals surface area contributed by atoms with Crippen molar-refractivity contribution in [2.75, 3.05) is 32.7 Å². The molecule has 0 N–H and O–H groups in total. The predicted octanol–water partition coefficient (Wildman–Crippen LogP) is 3.37. The molecule has 0 aromatic heterocycles. The summed E-state index contributed by atoms with van der Waals surface area (Å²) >= 11 is 6.12. The van der Waals surface area contributed by atoms with Gasteiger partial charge < -0.3 is 4.90 Å². The molecule has 21 heavy (non-hydrogen) atoms. The molecule has 114 valence electrons. The Balaban J connectivity index is 2.05. The molecule has 1 fully saturated rings.